The molecule has 0 saturated carbocycles. The van der Waals surface area contributed by atoms with Crippen LogP contribution in [0, 0.1) is 0 Å². The van der Waals surface area contributed by atoms with Gasteiger partial charge in [0, 0.05) is 44.1 Å². The third-order valence-electron chi connectivity index (χ3n) is 5.71. The van der Waals surface area contributed by atoms with Crippen LogP contribution in [0.5, 0.6) is 0 Å². The van der Waals surface area contributed by atoms with Gasteiger partial charge in [-0.05, 0) is 49.4 Å². The van der Waals surface area contributed by atoms with Gasteiger partial charge in [0.1, 0.15) is 11.4 Å². The standard InChI is InChI=1S/C24H24N6O3/c1-2-33-24(32)30-13-11-29(12-14-30)23(31)16-7-8-17-20(15-16)28-22(19-6-4-10-26-19)21(27-17)18-5-3-9-25-18/h3-10,15,25-26H,2,11-14H2,1H3. The lowest BCUT2D eigenvalue weighted by Crippen LogP contribution is -2.50. The van der Waals surface area contributed by atoms with Crippen LogP contribution in [0.25, 0.3) is 33.8 Å². The predicted octanol–water partition coefficient (Wildman–Crippen LogP) is 3.53. The summed E-state index contributed by atoms with van der Waals surface area (Å²) in [6.07, 6.45) is 3.36. The average Bonchev–Trinajstić information content (AvgIpc) is 3.57. The van der Waals surface area contributed by atoms with E-state index in [9.17, 15) is 9.59 Å². The molecule has 1 fully saturated rings. The zero-order valence-electron chi connectivity index (χ0n) is 18.2. The first-order chi connectivity index (χ1) is 16.1. The van der Waals surface area contributed by atoms with Crippen molar-refractivity contribution >= 4 is 23.0 Å². The largest absolute Gasteiger partial charge is 0.450 e. The van der Waals surface area contributed by atoms with Gasteiger partial charge >= 0.3 is 6.09 Å². The number of fused-ring (bicyclic) bond motifs is 1. The minimum atomic E-state index is -0.333. The molecule has 0 spiro atoms. The molecule has 9 nitrogen and oxygen atoms in total. The molecule has 0 unspecified atom stereocenters. The number of aromatic nitrogens is 4. The van der Waals surface area contributed by atoms with Crippen molar-refractivity contribution in [1.82, 2.24) is 29.7 Å². The number of hydrogen-bond donors (Lipinski definition) is 2. The monoisotopic (exact) mass is 444 g/mol. The second kappa shape index (κ2) is 8.78. The Morgan fingerprint density at radius 1 is 0.879 bits per heavy atom. The van der Waals surface area contributed by atoms with Gasteiger partial charge in [-0.3, -0.25) is 4.79 Å². The summed E-state index contributed by atoms with van der Waals surface area (Å²) in [4.78, 5) is 44.5. The molecule has 1 aromatic carbocycles. The number of nitrogens with one attached hydrogen (secondary N) is 2. The number of benzene rings is 1. The maximum atomic E-state index is 13.1. The Morgan fingerprint density at radius 2 is 1.48 bits per heavy atom. The van der Waals surface area contributed by atoms with E-state index in [0.29, 0.717) is 55.1 Å². The van der Waals surface area contributed by atoms with Crippen LogP contribution in [0.2, 0.25) is 0 Å². The number of hydrogen-bond acceptors (Lipinski definition) is 5. The molecule has 0 radical (unpaired) electrons. The normalized spacial score (nSPS) is 14.0. The van der Waals surface area contributed by atoms with E-state index in [4.69, 9.17) is 14.7 Å². The maximum Gasteiger partial charge on any atom is 0.409 e. The van der Waals surface area contributed by atoms with Gasteiger partial charge in [0.15, 0.2) is 0 Å². The van der Waals surface area contributed by atoms with Crippen molar-refractivity contribution in [3.63, 3.8) is 0 Å². The number of amides is 2. The van der Waals surface area contributed by atoms with Crippen molar-refractivity contribution in [3.8, 4) is 22.8 Å². The number of carbonyl (C=O) groups is 2. The highest BCUT2D eigenvalue weighted by molar-refractivity contribution is 5.98. The first-order valence-electron chi connectivity index (χ1n) is 10.9. The third-order valence-corrected chi connectivity index (χ3v) is 5.71. The van der Waals surface area contributed by atoms with Gasteiger partial charge in [-0.2, -0.15) is 0 Å². The molecule has 3 aromatic heterocycles. The van der Waals surface area contributed by atoms with Crippen molar-refractivity contribution in [3.05, 3.63) is 60.4 Å². The molecule has 5 rings (SSSR count). The van der Waals surface area contributed by atoms with Crippen LogP contribution < -0.4 is 0 Å². The number of piperazine rings is 1. The first-order valence-corrected chi connectivity index (χ1v) is 10.9. The average molecular weight is 444 g/mol. The van der Waals surface area contributed by atoms with E-state index in [1.807, 2.05) is 42.7 Å². The lowest BCUT2D eigenvalue weighted by atomic mass is 10.1. The molecule has 0 bridgehead atoms. The van der Waals surface area contributed by atoms with Gasteiger partial charge in [-0.25, -0.2) is 14.8 Å². The molecule has 0 atom stereocenters. The molecule has 33 heavy (non-hydrogen) atoms. The molecule has 1 aliphatic rings. The van der Waals surface area contributed by atoms with Crippen LogP contribution in [-0.4, -0.2) is 74.5 Å². The Hall–Kier alpha value is -4.14. The summed E-state index contributed by atoms with van der Waals surface area (Å²) in [7, 11) is 0. The van der Waals surface area contributed by atoms with Crippen molar-refractivity contribution in [1.29, 1.82) is 0 Å². The summed E-state index contributed by atoms with van der Waals surface area (Å²) in [6.45, 7) is 3.94. The van der Waals surface area contributed by atoms with Crippen LogP contribution >= 0.6 is 0 Å². The Labute approximate surface area is 190 Å². The number of H-pyrrole nitrogens is 2. The van der Waals surface area contributed by atoms with E-state index < -0.39 is 0 Å². The summed E-state index contributed by atoms with van der Waals surface area (Å²) in [5.74, 6) is -0.0860. The molecule has 2 amide bonds. The van der Waals surface area contributed by atoms with Crippen molar-refractivity contribution < 1.29 is 14.3 Å². The quantitative estimate of drug-likeness (QED) is 0.501. The van der Waals surface area contributed by atoms with Gasteiger partial charge in [0.25, 0.3) is 5.91 Å². The highest BCUT2D eigenvalue weighted by atomic mass is 16.6. The lowest BCUT2D eigenvalue weighted by molar-refractivity contribution is 0.0570. The Bertz CT molecular complexity index is 1280. The highest BCUT2D eigenvalue weighted by Crippen LogP contribution is 2.29. The summed E-state index contributed by atoms with van der Waals surface area (Å²) in [5, 5.41) is 0. The zero-order valence-corrected chi connectivity index (χ0v) is 18.2. The molecular weight excluding hydrogens is 420 g/mol. The molecular formula is C24H24N6O3. The number of carbonyl (C=O) groups excluding carboxylic acids is 2. The number of aromatic amines is 2. The topological polar surface area (TPSA) is 107 Å². The van der Waals surface area contributed by atoms with E-state index in [2.05, 4.69) is 9.97 Å². The third kappa shape index (κ3) is 4.05. The second-order valence-corrected chi connectivity index (χ2v) is 7.77. The highest BCUT2D eigenvalue weighted by Gasteiger charge is 2.26. The molecule has 4 heterocycles. The molecule has 1 aliphatic heterocycles. The Kier molecular flexibility index (Phi) is 5.52. The Morgan fingerprint density at radius 3 is 2.06 bits per heavy atom. The zero-order chi connectivity index (χ0) is 22.8. The fourth-order valence-electron chi connectivity index (χ4n) is 4.01. The van der Waals surface area contributed by atoms with Crippen molar-refractivity contribution in [2.75, 3.05) is 32.8 Å². The van der Waals surface area contributed by atoms with Crippen molar-refractivity contribution in [2.24, 2.45) is 0 Å². The maximum absolute atomic E-state index is 13.1. The van der Waals surface area contributed by atoms with Crippen LogP contribution in [0.4, 0.5) is 4.79 Å². The van der Waals surface area contributed by atoms with Crippen LogP contribution in [0.15, 0.2) is 54.9 Å². The van der Waals surface area contributed by atoms with Gasteiger partial charge < -0.3 is 24.5 Å². The van der Waals surface area contributed by atoms with E-state index >= 15 is 0 Å². The van der Waals surface area contributed by atoms with Gasteiger partial charge in [-0.1, -0.05) is 0 Å². The van der Waals surface area contributed by atoms with Crippen molar-refractivity contribution in [2.45, 2.75) is 6.92 Å². The fraction of sp³-hybridized carbons (Fsp3) is 0.250. The van der Waals surface area contributed by atoms with Gasteiger partial charge in [-0.15, -0.1) is 0 Å². The molecule has 168 valence electrons. The predicted molar refractivity (Wildman–Crippen MR) is 124 cm³/mol. The number of nitrogens with zero attached hydrogens (tertiary/aromatic N) is 4. The second-order valence-electron chi connectivity index (χ2n) is 7.77. The molecule has 4 aromatic rings. The van der Waals surface area contributed by atoms with Gasteiger partial charge in [0.2, 0.25) is 0 Å². The minimum absolute atomic E-state index is 0.0860. The summed E-state index contributed by atoms with van der Waals surface area (Å²) in [6, 6.07) is 13.1. The van der Waals surface area contributed by atoms with E-state index in [1.54, 1.807) is 28.9 Å². The molecule has 0 aliphatic carbocycles. The molecule has 2 N–H and O–H groups in total. The van der Waals surface area contributed by atoms with Crippen LogP contribution in [-0.2, 0) is 4.74 Å². The molecule has 9 heteroatoms. The smallest absolute Gasteiger partial charge is 0.409 e. The fourth-order valence-corrected chi connectivity index (χ4v) is 4.01. The summed E-state index contributed by atoms with van der Waals surface area (Å²) >= 11 is 0. The van der Waals surface area contributed by atoms with E-state index in [-0.39, 0.29) is 12.0 Å². The Balaban J connectivity index is 1.43. The first kappa shape index (κ1) is 20.7. The van der Waals surface area contributed by atoms with Gasteiger partial charge in [0.05, 0.1) is 29.0 Å². The number of rotatable bonds is 4. The molecule has 1 saturated heterocycles. The SMILES string of the molecule is CCOC(=O)N1CCN(C(=O)c2ccc3nc(-c4ccc[nH]4)c(-c4ccc[nH]4)nc3c2)CC1. The summed E-state index contributed by atoms with van der Waals surface area (Å²) in [5.41, 5.74) is 5.07. The lowest BCUT2D eigenvalue weighted by Gasteiger charge is -2.34. The summed E-state index contributed by atoms with van der Waals surface area (Å²) < 4.78 is 5.05. The van der Waals surface area contributed by atoms with E-state index in [1.165, 1.54) is 0 Å². The minimum Gasteiger partial charge on any atom is -0.450 e. The van der Waals surface area contributed by atoms with Crippen LogP contribution in [0.3, 0.4) is 0 Å². The van der Waals surface area contributed by atoms with E-state index in [0.717, 1.165) is 17.1 Å². The van der Waals surface area contributed by atoms with Crippen LogP contribution in [0.1, 0.15) is 17.3 Å². The number of ether oxygens (including phenoxy) is 1.